The maximum absolute atomic E-state index is 11.0. The molecule has 0 atom stereocenters. The van der Waals surface area contributed by atoms with E-state index < -0.39 is 5.97 Å². The molecule has 0 bridgehead atoms. The standard InChI is InChI=1S/C10H16N2O3/c13-9(3-4-10(14)15)11-5-8-12-6-1-2-7-12/h3-4H,1-2,5-8H2,(H,11,13)(H,14,15)/b4-3+. The van der Waals surface area contributed by atoms with Crippen LogP contribution in [0.5, 0.6) is 0 Å². The fraction of sp³-hybridized carbons (Fsp3) is 0.600. The van der Waals surface area contributed by atoms with E-state index >= 15 is 0 Å². The minimum Gasteiger partial charge on any atom is -0.478 e. The van der Waals surface area contributed by atoms with Crippen LogP contribution in [0.3, 0.4) is 0 Å². The zero-order chi connectivity index (χ0) is 11.1. The van der Waals surface area contributed by atoms with Crippen molar-refractivity contribution in [2.24, 2.45) is 0 Å². The Bertz CT molecular complexity index is 257. The molecule has 0 saturated carbocycles. The van der Waals surface area contributed by atoms with Gasteiger partial charge in [-0.15, -0.1) is 0 Å². The first-order chi connectivity index (χ1) is 7.18. The van der Waals surface area contributed by atoms with Gasteiger partial charge in [0.15, 0.2) is 0 Å². The number of carbonyl (C=O) groups excluding carboxylic acids is 1. The molecule has 1 amide bonds. The van der Waals surface area contributed by atoms with Gasteiger partial charge in [-0.3, -0.25) is 4.79 Å². The van der Waals surface area contributed by atoms with Gasteiger partial charge >= 0.3 is 5.97 Å². The molecular formula is C10H16N2O3. The van der Waals surface area contributed by atoms with E-state index in [2.05, 4.69) is 10.2 Å². The molecule has 2 N–H and O–H groups in total. The number of likely N-dealkylation sites (tertiary alicyclic amines) is 1. The van der Waals surface area contributed by atoms with Gasteiger partial charge in [0.1, 0.15) is 0 Å². The maximum atomic E-state index is 11.0. The minimum atomic E-state index is -1.11. The van der Waals surface area contributed by atoms with E-state index in [4.69, 9.17) is 5.11 Å². The fourth-order valence-electron chi connectivity index (χ4n) is 1.55. The van der Waals surface area contributed by atoms with Crippen molar-refractivity contribution in [2.75, 3.05) is 26.2 Å². The van der Waals surface area contributed by atoms with E-state index in [-0.39, 0.29) is 5.91 Å². The third-order valence-electron chi connectivity index (χ3n) is 2.30. The lowest BCUT2D eigenvalue weighted by atomic mass is 10.4. The molecule has 0 unspecified atom stereocenters. The molecule has 0 aliphatic carbocycles. The van der Waals surface area contributed by atoms with Crippen molar-refractivity contribution in [3.63, 3.8) is 0 Å². The quantitative estimate of drug-likeness (QED) is 0.621. The van der Waals surface area contributed by atoms with E-state index in [1.54, 1.807) is 0 Å². The topological polar surface area (TPSA) is 69.6 Å². The highest BCUT2D eigenvalue weighted by atomic mass is 16.4. The van der Waals surface area contributed by atoms with Gasteiger partial charge in [0.25, 0.3) is 0 Å². The smallest absolute Gasteiger partial charge is 0.328 e. The predicted octanol–water partition coefficient (Wildman–Crippen LogP) is -0.161. The largest absolute Gasteiger partial charge is 0.478 e. The Labute approximate surface area is 88.8 Å². The number of aliphatic carboxylic acids is 1. The zero-order valence-corrected chi connectivity index (χ0v) is 8.61. The number of carboxylic acids is 1. The normalized spacial score (nSPS) is 17.1. The first kappa shape index (κ1) is 11.7. The minimum absolute atomic E-state index is 0.350. The van der Waals surface area contributed by atoms with Crippen LogP contribution >= 0.6 is 0 Å². The molecule has 84 valence electrons. The predicted molar refractivity (Wildman–Crippen MR) is 55.5 cm³/mol. The molecule has 1 heterocycles. The summed E-state index contributed by atoms with van der Waals surface area (Å²) in [5.74, 6) is -1.46. The number of amides is 1. The zero-order valence-electron chi connectivity index (χ0n) is 8.61. The summed E-state index contributed by atoms with van der Waals surface area (Å²) in [4.78, 5) is 23.4. The number of rotatable bonds is 5. The lowest BCUT2D eigenvalue weighted by Crippen LogP contribution is -2.32. The van der Waals surface area contributed by atoms with Crippen molar-refractivity contribution in [1.29, 1.82) is 0 Å². The Hall–Kier alpha value is -1.36. The molecule has 5 nitrogen and oxygen atoms in total. The van der Waals surface area contributed by atoms with Crippen LogP contribution in [-0.4, -0.2) is 48.1 Å². The summed E-state index contributed by atoms with van der Waals surface area (Å²) in [5, 5.41) is 10.9. The van der Waals surface area contributed by atoms with E-state index in [0.717, 1.165) is 31.8 Å². The van der Waals surface area contributed by atoms with Gasteiger partial charge < -0.3 is 15.3 Å². The number of hydrogen-bond donors (Lipinski definition) is 2. The molecule has 15 heavy (non-hydrogen) atoms. The number of nitrogens with zero attached hydrogens (tertiary/aromatic N) is 1. The molecular weight excluding hydrogens is 196 g/mol. The van der Waals surface area contributed by atoms with Gasteiger partial charge in [0.2, 0.25) is 5.91 Å². The van der Waals surface area contributed by atoms with Gasteiger partial charge in [-0.25, -0.2) is 4.79 Å². The molecule has 0 aromatic heterocycles. The van der Waals surface area contributed by atoms with Gasteiger partial charge in [0.05, 0.1) is 0 Å². The second-order valence-corrected chi connectivity index (χ2v) is 3.51. The monoisotopic (exact) mass is 212 g/mol. The molecule has 1 aliphatic heterocycles. The van der Waals surface area contributed by atoms with Crippen LogP contribution in [0.4, 0.5) is 0 Å². The lowest BCUT2D eigenvalue weighted by molar-refractivity contribution is -0.131. The van der Waals surface area contributed by atoms with Gasteiger partial charge in [0, 0.05) is 25.2 Å². The molecule has 1 rings (SSSR count). The Kier molecular flexibility index (Phi) is 4.83. The van der Waals surface area contributed by atoms with E-state index in [0.29, 0.717) is 6.54 Å². The van der Waals surface area contributed by atoms with Gasteiger partial charge in [-0.1, -0.05) is 0 Å². The molecule has 0 aromatic carbocycles. The van der Waals surface area contributed by atoms with Crippen LogP contribution < -0.4 is 5.32 Å². The van der Waals surface area contributed by atoms with Crippen molar-refractivity contribution in [1.82, 2.24) is 10.2 Å². The first-order valence-corrected chi connectivity index (χ1v) is 5.09. The number of carbonyl (C=O) groups is 2. The summed E-state index contributed by atoms with van der Waals surface area (Å²) < 4.78 is 0. The van der Waals surface area contributed by atoms with Crippen molar-refractivity contribution in [3.05, 3.63) is 12.2 Å². The molecule has 1 saturated heterocycles. The van der Waals surface area contributed by atoms with E-state index in [1.165, 1.54) is 12.8 Å². The van der Waals surface area contributed by atoms with Crippen LogP contribution in [0.25, 0.3) is 0 Å². The van der Waals surface area contributed by atoms with Crippen molar-refractivity contribution >= 4 is 11.9 Å². The number of carboxylic acid groups (broad SMARTS) is 1. The van der Waals surface area contributed by atoms with Crippen LogP contribution in [0.2, 0.25) is 0 Å². The molecule has 0 aromatic rings. The fourth-order valence-corrected chi connectivity index (χ4v) is 1.55. The van der Waals surface area contributed by atoms with Gasteiger partial charge in [-0.05, 0) is 25.9 Å². The van der Waals surface area contributed by atoms with Crippen molar-refractivity contribution < 1.29 is 14.7 Å². The van der Waals surface area contributed by atoms with Crippen molar-refractivity contribution in [2.45, 2.75) is 12.8 Å². The van der Waals surface area contributed by atoms with Crippen molar-refractivity contribution in [3.8, 4) is 0 Å². The van der Waals surface area contributed by atoms with Crippen LogP contribution in [0.15, 0.2) is 12.2 Å². The highest BCUT2D eigenvalue weighted by molar-refractivity contribution is 5.93. The van der Waals surface area contributed by atoms with Crippen LogP contribution in [0.1, 0.15) is 12.8 Å². The molecule has 0 radical (unpaired) electrons. The Morgan fingerprint density at radius 1 is 1.27 bits per heavy atom. The van der Waals surface area contributed by atoms with E-state index in [1.807, 2.05) is 0 Å². The summed E-state index contributed by atoms with van der Waals surface area (Å²) >= 11 is 0. The Balaban J connectivity index is 2.08. The third kappa shape index (κ3) is 5.17. The van der Waals surface area contributed by atoms with Gasteiger partial charge in [-0.2, -0.15) is 0 Å². The van der Waals surface area contributed by atoms with Crippen LogP contribution in [0, 0.1) is 0 Å². The average Bonchev–Trinajstić information content (AvgIpc) is 2.67. The summed E-state index contributed by atoms with van der Waals surface area (Å²) in [7, 11) is 0. The Morgan fingerprint density at radius 2 is 1.93 bits per heavy atom. The summed E-state index contributed by atoms with van der Waals surface area (Å²) in [6.45, 7) is 3.61. The Morgan fingerprint density at radius 3 is 2.53 bits per heavy atom. The lowest BCUT2D eigenvalue weighted by Gasteiger charge is -2.13. The average molecular weight is 212 g/mol. The highest BCUT2D eigenvalue weighted by Gasteiger charge is 2.10. The summed E-state index contributed by atoms with van der Waals surface area (Å²) in [5.41, 5.74) is 0. The highest BCUT2D eigenvalue weighted by Crippen LogP contribution is 2.05. The SMILES string of the molecule is O=C(O)/C=C/C(=O)NCCN1CCCC1. The summed E-state index contributed by atoms with van der Waals surface area (Å²) in [6.07, 6.45) is 4.33. The number of nitrogens with one attached hydrogen (secondary N) is 1. The molecule has 0 spiro atoms. The second-order valence-electron chi connectivity index (χ2n) is 3.51. The number of hydrogen-bond acceptors (Lipinski definition) is 3. The summed E-state index contributed by atoms with van der Waals surface area (Å²) in [6, 6.07) is 0. The van der Waals surface area contributed by atoms with E-state index in [9.17, 15) is 9.59 Å². The molecule has 1 aliphatic rings. The molecule has 1 fully saturated rings. The molecule has 5 heteroatoms. The third-order valence-corrected chi connectivity index (χ3v) is 2.30. The first-order valence-electron chi connectivity index (χ1n) is 5.09. The maximum Gasteiger partial charge on any atom is 0.328 e. The second kappa shape index (κ2) is 6.19. The van der Waals surface area contributed by atoms with Crippen LogP contribution in [-0.2, 0) is 9.59 Å².